The second-order valence-electron chi connectivity index (χ2n) is 8.00. The van der Waals surface area contributed by atoms with Gasteiger partial charge in [-0.3, -0.25) is 9.59 Å². The number of likely N-dealkylation sites (tertiary alicyclic amines) is 1. The molecule has 0 unspecified atom stereocenters. The molecule has 2 aliphatic heterocycles. The summed E-state index contributed by atoms with van der Waals surface area (Å²) in [6.45, 7) is 3.51. The Balaban J connectivity index is 1.89. The van der Waals surface area contributed by atoms with Crippen LogP contribution in [-0.2, 0) is 19.6 Å². The molecule has 0 aliphatic carbocycles. The SMILES string of the molecule is COC(=O)[C@@H]1CN(C(=O)c2ccc(OC)c(S(=O)(=O)N3CCCCCC3)c2)C[C@H]1C. The van der Waals surface area contributed by atoms with Crippen molar-refractivity contribution in [3.63, 3.8) is 0 Å². The number of hydrogen-bond donors (Lipinski definition) is 0. The van der Waals surface area contributed by atoms with Crippen LogP contribution < -0.4 is 4.74 Å². The Morgan fingerprint density at radius 2 is 1.70 bits per heavy atom. The van der Waals surface area contributed by atoms with E-state index in [0.717, 1.165) is 25.7 Å². The van der Waals surface area contributed by atoms with Gasteiger partial charge in [-0.1, -0.05) is 19.8 Å². The molecular formula is C21H30N2O6S. The monoisotopic (exact) mass is 438 g/mol. The van der Waals surface area contributed by atoms with Crippen molar-refractivity contribution < 1.29 is 27.5 Å². The van der Waals surface area contributed by atoms with Crippen molar-refractivity contribution >= 4 is 21.9 Å². The van der Waals surface area contributed by atoms with E-state index < -0.39 is 10.0 Å². The number of amides is 1. The van der Waals surface area contributed by atoms with Crippen LogP contribution in [0.15, 0.2) is 23.1 Å². The molecule has 3 rings (SSSR count). The molecule has 166 valence electrons. The average Bonchev–Trinajstić information content (AvgIpc) is 2.95. The van der Waals surface area contributed by atoms with Gasteiger partial charge in [-0.15, -0.1) is 0 Å². The highest BCUT2D eigenvalue weighted by molar-refractivity contribution is 7.89. The third-order valence-electron chi connectivity index (χ3n) is 6.00. The zero-order valence-electron chi connectivity index (χ0n) is 17.8. The minimum absolute atomic E-state index is 0.00881. The molecule has 0 radical (unpaired) electrons. The van der Waals surface area contributed by atoms with E-state index in [1.165, 1.54) is 30.7 Å². The summed E-state index contributed by atoms with van der Waals surface area (Å²) in [5.41, 5.74) is 0.266. The lowest BCUT2D eigenvalue weighted by atomic mass is 9.99. The number of ether oxygens (including phenoxy) is 2. The quantitative estimate of drug-likeness (QED) is 0.654. The second-order valence-corrected chi connectivity index (χ2v) is 9.91. The van der Waals surface area contributed by atoms with Crippen LogP contribution >= 0.6 is 0 Å². The molecule has 1 amide bonds. The van der Waals surface area contributed by atoms with Gasteiger partial charge < -0.3 is 14.4 Å². The standard InChI is InChI=1S/C21H30N2O6S/c1-15-13-22(14-17(15)21(25)29-3)20(24)16-8-9-18(28-2)19(12-16)30(26,27)23-10-6-4-5-7-11-23/h8-9,12,15,17H,4-7,10-11,13-14H2,1-3H3/t15-,17-/m1/s1. The Labute approximate surface area is 178 Å². The summed E-state index contributed by atoms with van der Waals surface area (Å²) in [5.74, 6) is -0.823. The highest BCUT2D eigenvalue weighted by atomic mass is 32.2. The van der Waals surface area contributed by atoms with Crippen molar-refractivity contribution in [2.24, 2.45) is 11.8 Å². The van der Waals surface area contributed by atoms with Crippen molar-refractivity contribution in [2.75, 3.05) is 40.4 Å². The molecule has 1 aromatic carbocycles. The predicted molar refractivity (Wildman–Crippen MR) is 111 cm³/mol. The summed E-state index contributed by atoms with van der Waals surface area (Å²) in [4.78, 5) is 26.6. The van der Waals surface area contributed by atoms with Gasteiger partial charge in [0, 0.05) is 31.7 Å². The molecule has 2 heterocycles. The summed E-state index contributed by atoms with van der Waals surface area (Å²) in [6, 6.07) is 4.49. The Bertz CT molecular complexity index is 893. The lowest BCUT2D eigenvalue weighted by Gasteiger charge is -2.22. The molecule has 2 fully saturated rings. The molecule has 0 N–H and O–H groups in total. The van der Waals surface area contributed by atoms with Crippen molar-refractivity contribution in [1.82, 2.24) is 9.21 Å². The normalized spacial score (nSPS) is 23.1. The van der Waals surface area contributed by atoms with Crippen molar-refractivity contribution in [3.05, 3.63) is 23.8 Å². The van der Waals surface area contributed by atoms with Crippen LogP contribution in [0.4, 0.5) is 0 Å². The number of nitrogens with zero attached hydrogens (tertiary/aromatic N) is 2. The first-order valence-corrected chi connectivity index (χ1v) is 11.8. The summed E-state index contributed by atoms with van der Waals surface area (Å²) in [7, 11) is -1.03. The van der Waals surface area contributed by atoms with Gasteiger partial charge in [-0.05, 0) is 37.0 Å². The van der Waals surface area contributed by atoms with E-state index in [4.69, 9.17) is 9.47 Å². The Hall–Kier alpha value is -2.13. The Morgan fingerprint density at radius 3 is 2.30 bits per heavy atom. The van der Waals surface area contributed by atoms with Crippen molar-refractivity contribution in [3.8, 4) is 5.75 Å². The zero-order valence-corrected chi connectivity index (χ0v) is 18.6. The van der Waals surface area contributed by atoms with Crippen LogP contribution in [0.1, 0.15) is 43.0 Å². The number of methoxy groups -OCH3 is 2. The highest BCUT2D eigenvalue weighted by Crippen LogP contribution is 2.31. The first-order chi connectivity index (χ1) is 14.3. The van der Waals surface area contributed by atoms with Gasteiger partial charge >= 0.3 is 5.97 Å². The molecule has 30 heavy (non-hydrogen) atoms. The minimum Gasteiger partial charge on any atom is -0.495 e. The molecule has 2 aliphatic rings. The maximum Gasteiger partial charge on any atom is 0.310 e. The predicted octanol–water partition coefficient (Wildman–Crippen LogP) is 2.14. The van der Waals surface area contributed by atoms with E-state index in [-0.39, 0.29) is 46.5 Å². The summed E-state index contributed by atoms with van der Waals surface area (Å²) < 4.78 is 38.2. The lowest BCUT2D eigenvalue weighted by Crippen LogP contribution is -2.33. The van der Waals surface area contributed by atoms with Crippen LogP contribution in [0.25, 0.3) is 0 Å². The third-order valence-corrected chi connectivity index (χ3v) is 7.92. The molecule has 0 bridgehead atoms. The van der Waals surface area contributed by atoms with Crippen LogP contribution in [0.2, 0.25) is 0 Å². The Morgan fingerprint density at radius 1 is 1.03 bits per heavy atom. The van der Waals surface area contributed by atoms with Crippen molar-refractivity contribution in [1.29, 1.82) is 0 Å². The fraction of sp³-hybridized carbons (Fsp3) is 0.619. The van der Waals surface area contributed by atoms with Crippen LogP contribution in [-0.4, -0.2) is 69.9 Å². The summed E-state index contributed by atoms with van der Waals surface area (Å²) >= 11 is 0. The number of benzene rings is 1. The molecule has 2 atom stereocenters. The average molecular weight is 439 g/mol. The summed E-state index contributed by atoms with van der Waals surface area (Å²) in [6.07, 6.45) is 3.66. The molecule has 0 spiro atoms. The van der Waals surface area contributed by atoms with Gasteiger partial charge in [0.1, 0.15) is 10.6 Å². The molecule has 0 saturated carbocycles. The molecule has 1 aromatic rings. The van der Waals surface area contributed by atoms with E-state index in [1.54, 1.807) is 11.0 Å². The molecule has 8 nitrogen and oxygen atoms in total. The zero-order chi connectivity index (χ0) is 21.9. The van der Waals surface area contributed by atoms with Crippen LogP contribution in [0.3, 0.4) is 0 Å². The maximum atomic E-state index is 13.3. The van der Waals surface area contributed by atoms with Gasteiger partial charge in [0.25, 0.3) is 5.91 Å². The van der Waals surface area contributed by atoms with E-state index in [1.807, 2.05) is 6.92 Å². The van der Waals surface area contributed by atoms with Gasteiger partial charge in [-0.2, -0.15) is 4.31 Å². The van der Waals surface area contributed by atoms with E-state index in [9.17, 15) is 18.0 Å². The number of carbonyl (C=O) groups is 2. The minimum atomic E-state index is -3.78. The Kier molecular flexibility index (Phi) is 7.02. The number of carbonyl (C=O) groups excluding carboxylic acids is 2. The van der Waals surface area contributed by atoms with Gasteiger partial charge in [0.2, 0.25) is 10.0 Å². The number of hydrogen-bond acceptors (Lipinski definition) is 6. The van der Waals surface area contributed by atoms with E-state index >= 15 is 0 Å². The number of esters is 1. The van der Waals surface area contributed by atoms with Crippen LogP contribution in [0.5, 0.6) is 5.75 Å². The molecular weight excluding hydrogens is 408 g/mol. The van der Waals surface area contributed by atoms with Crippen LogP contribution in [0, 0.1) is 11.8 Å². The molecule has 2 saturated heterocycles. The number of rotatable bonds is 5. The fourth-order valence-electron chi connectivity index (χ4n) is 4.21. The van der Waals surface area contributed by atoms with Crippen molar-refractivity contribution in [2.45, 2.75) is 37.5 Å². The smallest absolute Gasteiger partial charge is 0.310 e. The topological polar surface area (TPSA) is 93.2 Å². The largest absolute Gasteiger partial charge is 0.495 e. The van der Waals surface area contributed by atoms with Gasteiger partial charge in [-0.25, -0.2) is 8.42 Å². The van der Waals surface area contributed by atoms with Gasteiger partial charge in [0.15, 0.2) is 0 Å². The highest BCUT2D eigenvalue weighted by Gasteiger charge is 2.38. The molecule has 0 aromatic heterocycles. The third kappa shape index (κ3) is 4.46. The van der Waals surface area contributed by atoms with Gasteiger partial charge in [0.05, 0.1) is 20.1 Å². The summed E-state index contributed by atoms with van der Waals surface area (Å²) in [5, 5.41) is 0. The first-order valence-electron chi connectivity index (χ1n) is 10.3. The van der Waals surface area contributed by atoms with E-state index in [2.05, 4.69) is 0 Å². The number of sulfonamides is 1. The molecule has 9 heteroatoms. The first kappa shape index (κ1) is 22.6. The second kappa shape index (κ2) is 9.34. The lowest BCUT2D eigenvalue weighted by molar-refractivity contribution is -0.146. The maximum absolute atomic E-state index is 13.3. The van der Waals surface area contributed by atoms with E-state index in [0.29, 0.717) is 19.6 Å². The fourth-order valence-corrected chi connectivity index (χ4v) is 5.90.